The van der Waals surface area contributed by atoms with Crippen molar-refractivity contribution in [2.75, 3.05) is 6.54 Å². The van der Waals surface area contributed by atoms with Crippen LogP contribution in [0, 0.1) is 0 Å². The number of amides is 1. The van der Waals surface area contributed by atoms with Crippen molar-refractivity contribution in [1.29, 1.82) is 0 Å². The molecular formula is C14H14N2O2. The first-order valence-electron chi connectivity index (χ1n) is 5.86. The van der Waals surface area contributed by atoms with Gasteiger partial charge in [0.2, 0.25) is 5.91 Å². The van der Waals surface area contributed by atoms with Gasteiger partial charge in [0.15, 0.2) is 5.78 Å². The summed E-state index contributed by atoms with van der Waals surface area (Å²) < 4.78 is 0. The van der Waals surface area contributed by atoms with Crippen LogP contribution in [0.5, 0.6) is 0 Å². The van der Waals surface area contributed by atoms with Crippen LogP contribution in [0.3, 0.4) is 0 Å². The molecule has 1 N–H and O–H groups in total. The van der Waals surface area contributed by atoms with Gasteiger partial charge in [-0.1, -0.05) is 24.3 Å². The summed E-state index contributed by atoms with van der Waals surface area (Å²) in [4.78, 5) is 27.4. The number of rotatable bonds is 4. The lowest BCUT2D eigenvalue weighted by atomic mass is 10.1. The summed E-state index contributed by atoms with van der Waals surface area (Å²) in [5, 5.41) is 3.57. The molecule has 0 fully saturated rings. The number of benzene rings is 1. The number of pyridine rings is 1. The Hall–Kier alpha value is -2.23. The predicted molar refractivity (Wildman–Crippen MR) is 69.4 cm³/mol. The van der Waals surface area contributed by atoms with E-state index in [9.17, 15) is 9.59 Å². The highest BCUT2D eigenvalue weighted by molar-refractivity contribution is 6.07. The van der Waals surface area contributed by atoms with E-state index in [1.54, 1.807) is 6.07 Å². The van der Waals surface area contributed by atoms with Crippen LogP contribution in [0.4, 0.5) is 0 Å². The molecule has 1 amide bonds. The standard InChI is InChI=1S/C14H14N2O2/c1-2-15-14(18)9-13(17)12-8-7-10-5-3-4-6-11(10)16-12/h3-8H,2,9H2,1H3,(H,15,18). The summed E-state index contributed by atoms with van der Waals surface area (Å²) in [5.74, 6) is -0.524. The van der Waals surface area contributed by atoms with Crippen molar-refractivity contribution in [1.82, 2.24) is 10.3 Å². The molecule has 0 unspecified atom stereocenters. The molecule has 0 aliphatic rings. The summed E-state index contributed by atoms with van der Waals surface area (Å²) in [6.45, 7) is 2.34. The molecule has 0 aliphatic heterocycles. The molecular weight excluding hydrogens is 228 g/mol. The van der Waals surface area contributed by atoms with E-state index >= 15 is 0 Å². The first-order chi connectivity index (χ1) is 8.70. The van der Waals surface area contributed by atoms with Gasteiger partial charge in [-0.15, -0.1) is 0 Å². The van der Waals surface area contributed by atoms with E-state index in [0.717, 1.165) is 10.9 Å². The number of carbonyl (C=O) groups excluding carboxylic acids is 2. The second kappa shape index (κ2) is 5.40. The number of nitrogens with one attached hydrogen (secondary N) is 1. The van der Waals surface area contributed by atoms with E-state index in [1.807, 2.05) is 37.3 Å². The van der Waals surface area contributed by atoms with Crippen LogP contribution in [0.25, 0.3) is 10.9 Å². The quantitative estimate of drug-likeness (QED) is 0.658. The molecule has 0 spiro atoms. The van der Waals surface area contributed by atoms with Crippen LogP contribution in [0.1, 0.15) is 23.8 Å². The van der Waals surface area contributed by atoms with Crippen LogP contribution in [-0.4, -0.2) is 23.2 Å². The minimum Gasteiger partial charge on any atom is -0.356 e. The highest BCUT2D eigenvalue weighted by Crippen LogP contribution is 2.12. The van der Waals surface area contributed by atoms with E-state index in [0.29, 0.717) is 12.2 Å². The smallest absolute Gasteiger partial charge is 0.227 e. The lowest BCUT2D eigenvalue weighted by molar-refractivity contribution is -0.120. The number of hydrogen-bond acceptors (Lipinski definition) is 3. The minimum atomic E-state index is -0.266. The van der Waals surface area contributed by atoms with Gasteiger partial charge in [0.05, 0.1) is 11.9 Å². The third-order valence-corrected chi connectivity index (χ3v) is 2.58. The maximum absolute atomic E-state index is 11.9. The molecule has 0 saturated carbocycles. The second-order valence-electron chi connectivity index (χ2n) is 3.94. The zero-order valence-electron chi connectivity index (χ0n) is 10.1. The lowest BCUT2D eigenvalue weighted by Crippen LogP contribution is -2.25. The monoisotopic (exact) mass is 242 g/mol. The maximum atomic E-state index is 11.9. The van der Waals surface area contributed by atoms with Gasteiger partial charge in [0.1, 0.15) is 5.69 Å². The van der Waals surface area contributed by atoms with Crippen LogP contribution >= 0.6 is 0 Å². The number of carbonyl (C=O) groups is 2. The topological polar surface area (TPSA) is 59.1 Å². The fourth-order valence-corrected chi connectivity index (χ4v) is 1.72. The third-order valence-electron chi connectivity index (χ3n) is 2.58. The van der Waals surface area contributed by atoms with E-state index in [-0.39, 0.29) is 18.1 Å². The van der Waals surface area contributed by atoms with Crippen LogP contribution in [0.2, 0.25) is 0 Å². The van der Waals surface area contributed by atoms with Crippen molar-refractivity contribution < 1.29 is 9.59 Å². The average molecular weight is 242 g/mol. The molecule has 1 aromatic heterocycles. The fraction of sp³-hybridized carbons (Fsp3) is 0.214. The number of ketones is 1. The molecule has 0 saturated heterocycles. The van der Waals surface area contributed by atoms with Gasteiger partial charge < -0.3 is 5.32 Å². The van der Waals surface area contributed by atoms with Crippen LogP contribution in [-0.2, 0) is 4.79 Å². The highest BCUT2D eigenvalue weighted by Gasteiger charge is 2.12. The minimum absolute atomic E-state index is 0.154. The highest BCUT2D eigenvalue weighted by atomic mass is 16.2. The third kappa shape index (κ3) is 2.71. The molecule has 0 radical (unpaired) electrons. The molecule has 4 heteroatoms. The molecule has 18 heavy (non-hydrogen) atoms. The second-order valence-corrected chi connectivity index (χ2v) is 3.94. The van der Waals surface area contributed by atoms with Crippen molar-refractivity contribution in [3.05, 3.63) is 42.1 Å². The Kier molecular flexibility index (Phi) is 3.67. The summed E-state index contributed by atoms with van der Waals surface area (Å²) in [6.07, 6.45) is -0.154. The largest absolute Gasteiger partial charge is 0.356 e. The molecule has 2 rings (SSSR count). The summed E-state index contributed by atoms with van der Waals surface area (Å²) in [5.41, 5.74) is 1.10. The molecule has 92 valence electrons. The first kappa shape index (κ1) is 12.2. The van der Waals surface area contributed by atoms with Gasteiger partial charge in [-0.2, -0.15) is 0 Å². The number of nitrogens with zero attached hydrogens (tertiary/aromatic N) is 1. The van der Waals surface area contributed by atoms with Gasteiger partial charge in [-0.05, 0) is 19.1 Å². The molecule has 0 atom stereocenters. The normalized spacial score (nSPS) is 10.3. The zero-order chi connectivity index (χ0) is 13.0. The summed E-state index contributed by atoms with van der Waals surface area (Å²) in [6, 6.07) is 11.1. The van der Waals surface area contributed by atoms with Crippen LogP contribution in [0.15, 0.2) is 36.4 Å². The van der Waals surface area contributed by atoms with Crippen molar-refractivity contribution in [2.45, 2.75) is 13.3 Å². The van der Waals surface area contributed by atoms with Crippen molar-refractivity contribution in [3.63, 3.8) is 0 Å². The zero-order valence-corrected chi connectivity index (χ0v) is 10.1. The Morgan fingerprint density at radius 3 is 2.72 bits per heavy atom. The van der Waals surface area contributed by atoms with Crippen LogP contribution < -0.4 is 5.32 Å². The SMILES string of the molecule is CCNC(=O)CC(=O)c1ccc2ccccc2n1. The Morgan fingerprint density at radius 2 is 1.94 bits per heavy atom. The Bertz CT molecular complexity index is 593. The Morgan fingerprint density at radius 1 is 1.17 bits per heavy atom. The van der Waals surface area contributed by atoms with E-state index < -0.39 is 0 Å². The number of para-hydroxylation sites is 1. The van der Waals surface area contributed by atoms with Gasteiger partial charge in [-0.25, -0.2) is 4.98 Å². The molecule has 0 aliphatic carbocycles. The van der Waals surface area contributed by atoms with Crippen molar-refractivity contribution in [3.8, 4) is 0 Å². The van der Waals surface area contributed by atoms with E-state index in [2.05, 4.69) is 10.3 Å². The fourth-order valence-electron chi connectivity index (χ4n) is 1.72. The van der Waals surface area contributed by atoms with E-state index in [1.165, 1.54) is 0 Å². The van der Waals surface area contributed by atoms with Crippen molar-refractivity contribution >= 4 is 22.6 Å². The molecule has 4 nitrogen and oxygen atoms in total. The number of Topliss-reactive ketones (excluding diaryl/α,β-unsaturated/α-hetero) is 1. The summed E-state index contributed by atoms with van der Waals surface area (Å²) in [7, 11) is 0. The van der Waals surface area contributed by atoms with Gasteiger partial charge in [0.25, 0.3) is 0 Å². The number of aromatic nitrogens is 1. The van der Waals surface area contributed by atoms with Gasteiger partial charge >= 0.3 is 0 Å². The molecule has 2 aromatic rings. The first-order valence-corrected chi connectivity index (χ1v) is 5.86. The average Bonchev–Trinajstić information content (AvgIpc) is 2.38. The Labute approximate surface area is 105 Å². The van der Waals surface area contributed by atoms with Crippen molar-refractivity contribution in [2.24, 2.45) is 0 Å². The van der Waals surface area contributed by atoms with Gasteiger partial charge in [0, 0.05) is 11.9 Å². The number of hydrogen-bond donors (Lipinski definition) is 1. The maximum Gasteiger partial charge on any atom is 0.227 e. The molecule has 1 aromatic carbocycles. The number of fused-ring (bicyclic) bond motifs is 1. The Balaban J connectivity index is 2.20. The van der Waals surface area contributed by atoms with Gasteiger partial charge in [-0.3, -0.25) is 9.59 Å². The molecule has 1 heterocycles. The molecule has 0 bridgehead atoms. The van der Waals surface area contributed by atoms with E-state index in [4.69, 9.17) is 0 Å². The predicted octanol–water partition coefficient (Wildman–Crippen LogP) is 1.94. The lowest BCUT2D eigenvalue weighted by Gasteiger charge is -2.03. The summed E-state index contributed by atoms with van der Waals surface area (Å²) >= 11 is 0.